The summed E-state index contributed by atoms with van der Waals surface area (Å²) in [7, 11) is -0.310. The van der Waals surface area contributed by atoms with E-state index in [9.17, 15) is 15.1 Å². The number of esters is 2. The lowest BCUT2D eigenvalue weighted by Crippen LogP contribution is -2.60. The molecule has 1 aromatic rings. The first-order valence-electron chi connectivity index (χ1n) is 11.2. The second-order valence-corrected chi connectivity index (χ2v) is 14.4. The summed E-state index contributed by atoms with van der Waals surface area (Å²) < 4.78 is 22.0. The van der Waals surface area contributed by atoms with Crippen LogP contribution in [-0.4, -0.2) is 57.2 Å². The summed E-state index contributed by atoms with van der Waals surface area (Å²) in [5, 5.41) is -0.300. The minimum absolute atomic E-state index is 0.00179. The van der Waals surface area contributed by atoms with Crippen LogP contribution in [0.2, 0.25) is 18.1 Å². The summed E-state index contributed by atoms with van der Waals surface area (Å²) in [5.74, 6) is -1.80. The zero-order valence-corrected chi connectivity index (χ0v) is 22.5. The number of rotatable bonds is 13. The average Bonchev–Trinajstić information content (AvgIpc) is 2.79. The van der Waals surface area contributed by atoms with Crippen molar-refractivity contribution in [2.75, 3.05) is 20.8 Å². The second-order valence-electron chi connectivity index (χ2n) is 9.66. The quantitative estimate of drug-likeness (QED) is 0.0754. The normalized spacial score (nSPS) is 13.4. The molecular weight excluding hydrogens is 452 g/mol. The van der Waals surface area contributed by atoms with Gasteiger partial charge in [-0.15, -0.1) is 0 Å². The van der Waals surface area contributed by atoms with E-state index in [4.69, 9.17) is 18.6 Å². The summed E-state index contributed by atoms with van der Waals surface area (Å²) in [6, 6.07) is 9.83. The van der Waals surface area contributed by atoms with Crippen LogP contribution in [0.15, 0.2) is 42.5 Å². The molecule has 1 atom stereocenters. The molecule has 0 saturated heterocycles. The molecule has 0 aliphatic carbocycles. The zero-order valence-electron chi connectivity index (χ0n) is 21.5. The Morgan fingerprint density at radius 1 is 1.06 bits per heavy atom. The third kappa shape index (κ3) is 7.74. The number of nitrogens with zero attached hydrogens (tertiary/aromatic N) is 2. The standard InChI is InChI=1S/C25H38N2O6Si/c1-19(15-17-32-18-20-12-10-9-11-13-20)14-16-25(23(29)31-6,21(27-26)22(28)30-5)33-34(7,8)24(2,3)4/h9-13H,1,14-18H2,2-8H3/t25-/m1/s1. The number of hydrogen-bond acceptors (Lipinski definition) is 6. The predicted octanol–water partition coefficient (Wildman–Crippen LogP) is 4.71. The van der Waals surface area contributed by atoms with Crippen molar-refractivity contribution < 1.29 is 33.0 Å². The van der Waals surface area contributed by atoms with Crippen molar-refractivity contribution in [2.24, 2.45) is 0 Å². The Morgan fingerprint density at radius 3 is 2.18 bits per heavy atom. The molecule has 34 heavy (non-hydrogen) atoms. The molecule has 0 aliphatic rings. The van der Waals surface area contributed by atoms with Gasteiger partial charge in [-0.25, -0.2) is 9.59 Å². The Kier molecular flexibility index (Phi) is 11.1. The van der Waals surface area contributed by atoms with Gasteiger partial charge in [0.25, 0.3) is 5.60 Å². The molecule has 1 rings (SSSR count). The fraction of sp³-hybridized carbons (Fsp3) is 0.560. The third-order valence-electron chi connectivity index (χ3n) is 6.15. The van der Waals surface area contributed by atoms with Crippen LogP contribution >= 0.6 is 0 Å². The van der Waals surface area contributed by atoms with Crippen molar-refractivity contribution in [1.82, 2.24) is 0 Å². The summed E-state index contributed by atoms with van der Waals surface area (Å²) in [5.41, 5.74) is 9.11. The van der Waals surface area contributed by atoms with Crippen molar-refractivity contribution in [3.8, 4) is 0 Å². The van der Waals surface area contributed by atoms with Crippen LogP contribution in [0, 0.1) is 0 Å². The van der Waals surface area contributed by atoms with E-state index in [2.05, 4.69) is 11.4 Å². The van der Waals surface area contributed by atoms with E-state index in [0.717, 1.165) is 18.2 Å². The SMILES string of the molecule is C=C(CCOCc1ccccc1)CC[C@](O[Si](C)(C)C(C)(C)C)(C(=O)OC)C(=[N+]=[N-])C(=O)OC. The highest BCUT2D eigenvalue weighted by Crippen LogP contribution is 2.41. The maximum atomic E-state index is 13.1. The molecule has 8 nitrogen and oxygen atoms in total. The molecule has 0 amide bonds. The smallest absolute Gasteiger partial charge is 0.420 e. The van der Waals surface area contributed by atoms with E-state index in [1.807, 2.05) is 64.2 Å². The van der Waals surface area contributed by atoms with Crippen molar-refractivity contribution >= 4 is 26.0 Å². The Bertz CT molecular complexity index is 904. The van der Waals surface area contributed by atoms with Crippen LogP contribution in [0.1, 0.15) is 45.6 Å². The van der Waals surface area contributed by atoms with Gasteiger partial charge < -0.3 is 24.2 Å². The first-order valence-corrected chi connectivity index (χ1v) is 14.1. The van der Waals surface area contributed by atoms with Crippen molar-refractivity contribution in [3.63, 3.8) is 0 Å². The van der Waals surface area contributed by atoms with E-state index >= 15 is 0 Å². The molecule has 188 valence electrons. The molecule has 0 aliphatic heterocycles. The van der Waals surface area contributed by atoms with Gasteiger partial charge in [0.2, 0.25) is 0 Å². The van der Waals surface area contributed by atoms with Gasteiger partial charge in [0.05, 0.1) is 27.4 Å². The first-order chi connectivity index (χ1) is 15.8. The Balaban J connectivity index is 3.09. The van der Waals surface area contributed by atoms with Gasteiger partial charge in [-0.05, 0) is 36.5 Å². The molecule has 0 fully saturated rings. The molecule has 0 spiro atoms. The summed E-state index contributed by atoms with van der Waals surface area (Å²) in [4.78, 5) is 28.8. The number of methoxy groups -OCH3 is 2. The van der Waals surface area contributed by atoms with Crippen LogP contribution in [0.3, 0.4) is 0 Å². The Hall–Kier alpha value is -2.58. The predicted molar refractivity (Wildman–Crippen MR) is 133 cm³/mol. The highest BCUT2D eigenvalue weighted by molar-refractivity contribution is 6.74. The van der Waals surface area contributed by atoms with E-state index in [-0.39, 0.29) is 11.5 Å². The van der Waals surface area contributed by atoms with Crippen molar-refractivity contribution in [2.45, 2.75) is 70.4 Å². The summed E-state index contributed by atoms with van der Waals surface area (Å²) in [6.45, 7) is 14.9. The van der Waals surface area contributed by atoms with Crippen LogP contribution in [-0.2, 0) is 34.8 Å². The molecule has 0 heterocycles. The van der Waals surface area contributed by atoms with Crippen LogP contribution in [0.25, 0.3) is 5.53 Å². The van der Waals surface area contributed by atoms with E-state index in [1.54, 1.807) is 0 Å². The number of benzene rings is 1. The minimum atomic E-state index is -2.65. The molecule has 0 N–H and O–H groups in total. The lowest BCUT2D eigenvalue weighted by atomic mass is 9.89. The van der Waals surface area contributed by atoms with E-state index in [0.29, 0.717) is 26.1 Å². The zero-order chi connectivity index (χ0) is 26.0. The van der Waals surface area contributed by atoms with Crippen molar-refractivity contribution in [1.29, 1.82) is 0 Å². The van der Waals surface area contributed by atoms with Gasteiger partial charge in [-0.2, -0.15) is 4.79 Å². The number of carbonyl (C=O) groups is 2. The molecule has 0 bridgehead atoms. The summed E-state index contributed by atoms with van der Waals surface area (Å²) >= 11 is 0. The van der Waals surface area contributed by atoms with Crippen LogP contribution in [0.5, 0.6) is 0 Å². The van der Waals surface area contributed by atoms with Gasteiger partial charge in [-0.1, -0.05) is 63.3 Å². The summed E-state index contributed by atoms with van der Waals surface area (Å²) in [6.07, 6.45) is 0.862. The number of ether oxygens (including phenoxy) is 3. The molecular formula is C25H38N2O6Si. The fourth-order valence-corrected chi connectivity index (χ4v) is 4.51. The Morgan fingerprint density at radius 2 is 1.68 bits per heavy atom. The first kappa shape index (κ1) is 29.4. The number of hydrogen-bond donors (Lipinski definition) is 0. The average molecular weight is 491 g/mol. The third-order valence-corrected chi connectivity index (χ3v) is 10.6. The highest BCUT2D eigenvalue weighted by Gasteiger charge is 2.60. The van der Waals surface area contributed by atoms with Crippen LogP contribution < -0.4 is 0 Å². The van der Waals surface area contributed by atoms with E-state index < -0.39 is 31.6 Å². The lowest BCUT2D eigenvalue weighted by molar-refractivity contribution is -0.161. The lowest BCUT2D eigenvalue weighted by Gasteiger charge is -2.42. The minimum Gasteiger partial charge on any atom is -0.466 e. The highest BCUT2D eigenvalue weighted by atomic mass is 28.4. The largest absolute Gasteiger partial charge is 0.466 e. The Labute approximate surface area is 204 Å². The molecule has 1 aromatic carbocycles. The van der Waals surface area contributed by atoms with E-state index in [1.165, 1.54) is 7.11 Å². The molecule has 9 heteroatoms. The van der Waals surface area contributed by atoms with Gasteiger partial charge in [0.15, 0.2) is 8.32 Å². The molecule has 0 saturated carbocycles. The molecule has 0 aromatic heterocycles. The van der Waals surface area contributed by atoms with Crippen molar-refractivity contribution in [3.05, 3.63) is 53.6 Å². The maximum Gasteiger partial charge on any atom is 0.420 e. The van der Waals surface area contributed by atoms with Gasteiger partial charge in [0, 0.05) is 6.42 Å². The van der Waals surface area contributed by atoms with Gasteiger partial charge >= 0.3 is 17.7 Å². The monoisotopic (exact) mass is 490 g/mol. The van der Waals surface area contributed by atoms with Crippen LogP contribution in [0.4, 0.5) is 0 Å². The molecule has 0 radical (unpaired) electrons. The van der Waals surface area contributed by atoms with Gasteiger partial charge in [0.1, 0.15) is 0 Å². The number of carbonyl (C=O) groups excluding carboxylic acids is 2. The fourth-order valence-electron chi connectivity index (χ4n) is 3.05. The topological polar surface area (TPSA) is 107 Å². The molecule has 0 unspecified atom stereocenters. The van der Waals surface area contributed by atoms with Gasteiger partial charge in [-0.3, -0.25) is 0 Å². The second kappa shape index (κ2) is 12.8. The maximum absolute atomic E-state index is 13.1.